The van der Waals surface area contributed by atoms with Crippen molar-refractivity contribution in [3.8, 4) is 44.5 Å². The Hall–Kier alpha value is -8.59. The molecule has 0 radical (unpaired) electrons. The highest BCUT2D eigenvalue weighted by atomic mass is 15.1. The molecule has 0 unspecified atom stereocenters. The molecule has 70 heavy (non-hydrogen) atoms. The van der Waals surface area contributed by atoms with E-state index >= 15 is 0 Å². The third-order valence-electron chi connectivity index (χ3n) is 15.9. The summed E-state index contributed by atoms with van der Waals surface area (Å²) in [6.45, 7) is 4.74. The Bertz CT molecular complexity index is 3820. The number of aromatic nitrogens is 1. The van der Waals surface area contributed by atoms with Crippen molar-refractivity contribution in [1.82, 2.24) is 0 Å². The Kier molecular flexibility index (Phi) is 8.94. The fraction of sp³-hybridized carbons (Fsp3) is 0.0735. The van der Waals surface area contributed by atoms with Crippen LogP contribution >= 0.6 is 0 Å². The van der Waals surface area contributed by atoms with Gasteiger partial charge in [-0.15, -0.1) is 0 Å². The lowest BCUT2D eigenvalue weighted by Gasteiger charge is -2.41. The molecule has 0 N–H and O–H groups in total. The topological polar surface area (TPSA) is 7.12 Å². The van der Waals surface area contributed by atoms with Crippen molar-refractivity contribution in [3.05, 3.63) is 300 Å². The summed E-state index contributed by atoms with van der Waals surface area (Å²) >= 11 is 0. The second kappa shape index (κ2) is 15.5. The average molecular weight is 894 g/mol. The van der Waals surface area contributed by atoms with Crippen LogP contribution < -0.4 is 9.47 Å². The first kappa shape index (κ1) is 40.5. The van der Waals surface area contributed by atoms with Gasteiger partial charge in [-0.25, -0.2) is 0 Å². The summed E-state index contributed by atoms with van der Waals surface area (Å²) in [5.41, 5.74) is 23.6. The largest absolute Gasteiger partial charge is 0.310 e. The van der Waals surface area contributed by atoms with Gasteiger partial charge in [0.15, 0.2) is 12.4 Å². The number of rotatable bonds is 6. The van der Waals surface area contributed by atoms with Gasteiger partial charge in [0.05, 0.1) is 11.1 Å². The molecular weight excluding hydrogens is 845 g/mol. The van der Waals surface area contributed by atoms with Crippen LogP contribution in [0.25, 0.3) is 55.3 Å². The zero-order valence-corrected chi connectivity index (χ0v) is 39.2. The lowest BCUT2D eigenvalue weighted by Crippen LogP contribution is -2.46. The maximum absolute atomic E-state index is 2.48. The van der Waals surface area contributed by atoms with Gasteiger partial charge in [0.2, 0.25) is 6.04 Å². The summed E-state index contributed by atoms with van der Waals surface area (Å²) in [5.74, 6) is 0. The Labute approximate surface area is 410 Å². The Morgan fingerprint density at radius 2 is 0.857 bits per heavy atom. The van der Waals surface area contributed by atoms with E-state index in [9.17, 15) is 0 Å². The number of nitrogens with zero attached hydrogens (tertiary/aromatic N) is 2. The highest BCUT2D eigenvalue weighted by molar-refractivity contribution is 6.07. The van der Waals surface area contributed by atoms with E-state index in [1.807, 2.05) is 0 Å². The second-order valence-corrected chi connectivity index (χ2v) is 19.8. The highest BCUT2D eigenvalue weighted by Crippen LogP contribution is 2.61. The third-order valence-corrected chi connectivity index (χ3v) is 15.9. The molecule has 11 aromatic rings. The first-order valence-corrected chi connectivity index (χ1v) is 24.6. The lowest BCUT2D eigenvalue weighted by molar-refractivity contribution is -0.705. The molecule has 10 aromatic carbocycles. The van der Waals surface area contributed by atoms with E-state index in [-0.39, 0.29) is 11.5 Å². The van der Waals surface area contributed by atoms with E-state index in [1.165, 1.54) is 99.8 Å². The van der Waals surface area contributed by atoms with Crippen LogP contribution in [0.15, 0.2) is 255 Å². The smallest absolute Gasteiger partial charge is 0.209 e. The molecule has 0 saturated heterocycles. The standard InChI is InChI=1S/C68H49N2/c1-67(2)59-27-13-9-22-52(59)54-37-36-49(44-64(54)67)70(48-34-31-46(32-35-48)45-19-5-3-6-20-45)65-40-38-50(51-21-7-8-24-55(51)65)47-33-39-63-58(43-47)53-23-10-14-28-60(53)68(63)61-29-15-11-25-56(61)66(69-41-17-4-18-42-69)57-26-12-16-30-62(57)68/h3-44,66H,1-2H3/q+1. The molecule has 0 amide bonds. The van der Waals surface area contributed by atoms with E-state index in [1.54, 1.807) is 0 Å². The molecule has 1 spiro atoms. The lowest BCUT2D eigenvalue weighted by atomic mass is 9.60. The van der Waals surface area contributed by atoms with Crippen LogP contribution in [0, 0.1) is 0 Å². The minimum Gasteiger partial charge on any atom is -0.310 e. The van der Waals surface area contributed by atoms with Crippen molar-refractivity contribution >= 4 is 27.8 Å². The molecule has 0 atom stereocenters. The summed E-state index contributed by atoms with van der Waals surface area (Å²) in [4.78, 5) is 2.47. The number of hydrogen-bond donors (Lipinski definition) is 0. The Balaban J connectivity index is 0.943. The molecule has 2 heteroatoms. The molecule has 14 rings (SSSR count). The van der Waals surface area contributed by atoms with Gasteiger partial charge in [0.25, 0.3) is 0 Å². The zero-order chi connectivity index (χ0) is 46.6. The first-order chi connectivity index (χ1) is 34.5. The molecule has 1 aromatic heterocycles. The maximum Gasteiger partial charge on any atom is 0.209 e. The highest BCUT2D eigenvalue weighted by Gasteiger charge is 2.53. The minimum absolute atomic E-state index is 0.0561. The van der Waals surface area contributed by atoms with Gasteiger partial charge in [-0.05, 0) is 120 Å². The van der Waals surface area contributed by atoms with E-state index < -0.39 is 5.41 Å². The molecule has 2 nitrogen and oxygen atoms in total. The Morgan fingerprint density at radius 1 is 0.343 bits per heavy atom. The van der Waals surface area contributed by atoms with E-state index in [0.29, 0.717) is 0 Å². The number of anilines is 3. The summed E-state index contributed by atoms with van der Waals surface area (Å²) < 4.78 is 2.37. The van der Waals surface area contributed by atoms with Crippen LogP contribution in [0.4, 0.5) is 17.1 Å². The molecule has 3 aliphatic rings. The summed E-state index contributed by atoms with van der Waals surface area (Å²) in [7, 11) is 0. The monoisotopic (exact) mass is 893 g/mol. The minimum atomic E-state index is -0.474. The number of fused-ring (bicyclic) bond motifs is 13. The van der Waals surface area contributed by atoms with Crippen LogP contribution in [0.2, 0.25) is 0 Å². The zero-order valence-electron chi connectivity index (χ0n) is 39.2. The van der Waals surface area contributed by atoms with Crippen LogP contribution in [0.3, 0.4) is 0 Å². The van der Waals surface area contributed by atoms with Gasteiger partial charge in [-0.1, -0.05) is 208 Å². The molecule has 0 bridgehead atoms. The van der Waals surface area contributed by atoms with Crippen molar-refractivity contribution in [2.24, 2.45) is 0 Å². The second-order valence-electron chi connectivity index (χ2n) is 19.8. The van der Waals surface area contributed by atoms with Gasteiger partial charge in [0, 0.05) is 45.4 Å². The maximum atomic E-state index is 2.48. The van der Waals surface area contributed by atoms with Crippen molar-refractivity contribution in [2.45, 2.75) is 30.7 Å². The molecule has 0 fully saturated rings. The van der Waals surface area contributed by atoms with Crippen molar-refractivity contribution in [2.75, 3.05) is 4.90 Å². The number of benzene rings is 10. The van der Waals surface area contributed by atoms with Crippen LogP contribution in [-0.4, -0.2) is 0 Å². The SMILES string of the molecule is CC1(C)c2ccccc2-c2ccc(N(c3ccc(-c4ccccc4)cc3)c3ccc(-c4ccc5c(c4)-c4ccccc4C54c5ccccc5C([n+]5ccccc5)c5ccccc54)c4ccccc34)cc21. The van der Waals surface area contributed by atoms with Crippen molar-refractivity contribution in [3.63, 3.8) is 0 Å². The summed E-state index contributed by atoms with van der Waals surface area (Å²) in [5, 5.41) is 2.42. The predicted octanol–water partition coefficient (Wildman–Crippen LogP) is 16.6. The normalized spacial score (nSPS) is 16.5. The average Bonchev–Trinajstić information content (AvgIpc) is 3.84. The fourth-order valence-corrected chi connectivity index (χ4v) is 12.8. The molecule has 3 aliphatic carbocycles. The first-order valence-electron chi connectivity index (χ1n) is 24.6. The number of hydrogen-bond acceptors (Lipinski definition) is 1. The molecular formula is C68H49N2+. The molecule has 0 saturated carbocycles. The van der Waals surface area contributed by atoms with E-state index in [0.717, 1.165) is 17.1 Å². The van der Waals surface area contributed by atoms with E-state index in [2.05, 4.69) is 278 Å². The van der Waals surface area contributed by atoms with Crippen LogP contribution in [0.1, 0.15) is 64.4 Å². The van der Waals surface area contributed by atoms with Crippen LogP contribution in [0.5, 0.6) is 0 Å². The quantitative estimate of drug-likeness (QED) is 0.151. The van der Waals surface area contributed by atoms with Gasteiger partial charge < -0.3 is 4.90 Å². The van der Waals surface area contributed by atoms with Gasteiger partial charge in [-0.3, -0.25) is 0 Å². The fourth-order valence-electron chi connectivity index (χ4n) is 12.8. The molecule has 330 valence electrons. The van der Waals surface area contributed by atoms with Crippen LogP contribution in [-0.2, 0) is 10.8 Å². The number of pyridine rings is 1. The van der Waals surface area contributed by atoms with Gasteiger partial charge in [-0.2, -0.15) is 4.57 Å². The van der Waals surface area contributed by atoms with Crippen molar-refractivity contribution in [1.29, 1.82) is 0 Å². The van der Waals surface area contributed by atoms with Crippen molar-refractivity contribution < 1.29 is 4.57 Å². The molecule has 0 aliphatic heterocycles. The summed E-state index contributed by atoms with van der Waals surface area (Å²) in [6, 6.07) is 90.8. The third kappa shape index (κ3) is 5.77. The predicted molar refractivity (Wildman–Crippen MR) is 288 cm³/mol. The molecule has 1 heterocycles. The summed E-state index contributed by atoms with van der Waals surface area (Å²) in [6.07, 6.45) is 4.42. The van der Waals surface area contributed by atoms with E-state index in [4.69, 9.17) is 0 Å². The van der Waals surface area contributed by atoms with Gasteiger partial charge in [0.1, 0.15) is 0 Å². The van der Waals surface area contributed by atoms with Gasteiger partial charge >= 0.3 is 0 Å². The Morgan fingerprint density at radius 3 is 1.59 bits per heavy atom.